The van der Waals surface area contributed by atoms with Gasteiger partial charge in [-0.1, -0.05) is 6.07 Å². The highest BCUT2D eigenvalue weighted by atomic mass is 32.2. The first-order valence-corrected chi connectivity index (χ1v) is 9.90. The second kappa shape index (κ2) is 6.96. The maximum absolute atomic E-state index is 11.5. The molecule has 0 fully saturated rings. The van der Waals surface area contributed by atoms with Crippen LogP contribution in [0.4, 0.5) is 5.82 Å². The molecule has 0 saturated carbocycles. The number of nitrogens with one attached hydrogen (secondary N) is 1. The van der Waals surface area contributed by atoms with Crippen molar-refractivity contribution in [2.24, 2.45) is 7.05 Å². The largest absolute Gasteiger partial charge is 0.368 e. The Morgan fingerprint density at radius 2 is 2.04 bits per heavy atom. The average molecular weight is 375 g/mol. The highest BCUT2D eigenvalue weighted by Gasteiger charge is 2.17. The summed E-state index contributed by atoms with van der Waals surface area (Å²) < 4.78 is 26.1. The Hall–Kier alpha value is -2.59. The number of anilines is 1. The fraction of sp³-hybridized carbons (Fsp3) is 0.375. The first kappa shape index (κ1) is 18.2. The third kappa shape index (κ3) is 3.65. The van der Waals surface area contributed by atoms with Crippen LogP contribution in [0.1, 0.15) is 5.69 Å². The summed E-state index contributed by atoms with van der Waals surface area (Å²) in [7, 11) is 0.147. The molecule has 0 amide bonds. The summed E-state index contributed by atoms with van der Waals surface area (Å²) in [6.07, 6.45) is 2.87. The van der Waals surface area contributed by atoms with E-state index in [-0.39, 0.29) is 0 Å². The van der Waals surface area contributed by atoms with E-state index in [0.717, 1.165) is 11.1 Å². The molecule has 0 unspecified atom stereocenters. The molecule has 3 aromatic rings. The van der Waals surface area contributed by atoms with E-state index in [1.54, 1.807) is 17.9 Å². The van der Waals surface area contributed by atoms with Crippen LogP contribution in [-0.4, -0.2) is 63.8 Å². The van der Waals surface area contributed by atoms with E-state index in [4.69, 9.17) is 0 Å². The zero-order valence-corrected chi connectivity index (χ0v) is 15.9. The molecular weight excluding hydrogens is 354 g/mol. The van der Waals surface area contributed by atoms with E-state index < -0.39 is 10.0 Å². The average Bonchev–Trinajstić information content (AvgIpc) is 2.89. The van der Waals surface area contributed by atoms with Crippen LogP contribution in [0.25, 0.3) is 22.6 Å². The number of pyridine rings is 1. The quantitative estimate of drug-likeness (QED) is 0.686. The van der Waals surface area contributed by atoms with Crippen molar-refractivity contribution in [3.63, 3.8) is 0 Å². The Morgan fingerprint density at radius 1 is 1.27 bits per heavy atom. The van der Waals surface area contributed by atoms with Crippen molar-refractivity contribution in [1.29, 1.82) is 0 Å². The monoisotopic (exact) mass is 375 g/mol. The fourth-order valence-corrected chi connectivity index (χ4v) is 3.00. The number of hydrogen-bond acceptors (Lipinski definition) is 7. The van der Waals surface area contributed by atoms with Gasteiger partial charge in [0.1, 0.15) is 11.5 Å². The van der Waals surface area contributed by atoms with Crippen LogP contribution in [-0.2, 0) is 17.1 Å². The zero-order valence-electron chi connectivity index (χ0n) is 15.1. The maximum atomic E-state index is 11.5. The summed E-state index contributed by atoms with van der Waals surface area (Å²) >= 11 is 0. The third-order valence-corrected chi connectivity index (χ3v) is 5.35. The molecule has 3 aromatic heterocycles. The van der Waals surface area contributed by atoms with Crippen LogP contribution >= 0.6 is 0 Å². The molecule has 0 aliphatic carbocycles. The molecule has 0 aliphatic heterocycles. The molecule has 0 saturated heterocycles. The number of hydrogen-bond donors (Lipinski definition) is 1. The lowest BCUT2D eigenvalue weighted by Gasteiger charge is -2.15. The Balaban J connectivity index is 1.97. The summed E-state index contributed by atoms with van der Waals surface area (Å²) in [6.45, 7) is 2.62. The SMILES string of the molecule is Cc1nn(C)c2nc(-c3ccccn3)nc(NCCN(C)S(C)(=O)=O)c12. The Labute approximate surface area is 152 Å². The van der Waals surface area contributed by atoms with E-state index in [9.17, 15) is 8.42 Å². The van der Waals surface area contributed by atoms with Crippen molar-refractivity contribution < 1.29 is 8.42 Å². The lowest BCUT2D eigenvalue weighted by molar-refractivity contribution is 0.486. The summed E-state index contributed by atoms with van der Waals surface area (Å²) in [5.74, 6) is 1.10. The molecule has 0 aliphatic rings. The van der Waals surface area contributed by atoms with Gasteiger partial charge in [0.2, 0.25) is 10.0 Å². The molecule has 26 heavy (non-hydrogen) atoms. The van der Waals surface area contributed by atoms with E-state index in [1.165, 1.54) is 10.6 Å². The van der Waals surface area contributed by atoms with Crippen LogP contribution in [0, 0.1) is 6.92 Å². The zero-order chi connectivity index (χ0) is 18.9. The standard InChI is InChI=1S/C16H21N7O2S/c1-11-13-15(18-9-10-22(2)26(4,24)25)19-14(12-7-5-6-8-17-12)20-16(13)23(3)21-11/h5-8H,9-10H2,1-4H3,(H,18,19,20). The summed E-state index contributed by atoms with van der Waals surface area (Å²) in [6, 6.07) is 5.54. The summed E-state index contributed by atoms with van der Waals surface area (Å²) in [5.41, 5.74) is 2.15. The van der Waals surface area contributed by atoms with Crippen LogP contribution < -0.4 is 5.32 Å². The molecule has 0 radical (unpaired) electrons. The van der Waals surface area contributed by atoms with Gasteiger partial charge in [0.25, 0.3) is 0 Å². The van der Waals surface area contributed by atoms with E-state index in [2.05, 4.69) is 25.4 Å². The van der Waals surface area contributed by atoms with E-state index in [1.807, 2.05) is 32.2 Å². The highest BCUT2D eigenvalue weighted by molar-refractivity contribution is 7.88. The Morgan fingerprint density at radius 3 is 2.69 bits per heavy atom. The lowest BCUT2D eigenvalue weighted by Crippen LogP contribution is -2.30. The van der Waals surface area contributed by atoms with Crippen LogP contribution in [0.15, 0.2) is 24.4 Å². The third-order valence-electron chi connectivity index (χ3n) is 4.04. The number of nitrogens with zero attached hydrogens (tertiary/aromatic N) is 6. The summed E-state index contributed by atoms with van der Waals surface area (Å²) in [4.78, 5) is 13.5. The predicted molar refractivity (Wildman–Crippen MR) is 100 cm³/mol. The van der Waals surface area contributed by atoms with Crippen molar-refractivity contribution in [3.8, 4) is 11.5 Å². The molecular formula is C16H21N7O2S. The second-order valence-electron chi connectivity index (χ2n) is 6.03. The van der Waals surface area contributed by atoms with Crippen molar-refractivity contribution in [1.82, 2.24) is 29.0 Å². The maximum Gasteiger partial charge on any atom is 0.211 e. The minimum atomic E-state index is -3.22. The van der Waals surface area contributed by atoms with Crippen LogP contribution in [0.2, 0.25) is 0 Å². The minimum Gasteiger partial charge on any atom is -0.368 e. The first-order valence-electron chi connectivity index (χ1n) is 8.05. The van der Waals surface area contributed by atoms with Gasteiger partial charge >= 0.3 is 0 Å². The number of fused-ring (bicyclic) bond motifs is 1. The number of rotatable bonds is 6. The molecule has 0 aromatic carbocycles. The van der Waals surface area contributed by atoms with Crippen molar-refractivity contribution in [2.75, 3.05) is 31.7 Å². The van der Waals surface area contributed by atoms with Gasteiger partial charge in [-0.05, 0) is 19.1 Å². The predicted octanol–water partition coefficient (Wildman–Crippen LogP) is 1.04. The van der Waals surface area contributed by atoms with Crippen molar-refractivity contribution >= 4 is 26.9 Å². The first-order chi connectivity index (χ1) is 12.3. The molecule has 0 atom stereocenters. The molecule has 0 bridgehead atoms. The van der Waals surface area contributed by atoms with Gasteiger partial charge < -0.3 is 5.32 Å². The van der Waals surface area contributed by atoms with Gasteiger partial charge in [-0.25, -0.2) is 22.7 Å². The van der Waals surface area contributed by atoms with E-state index in [0.29, 0.717) is 36.1 Å². The number of sulfonamides is 1. The van der Waals surface area contributed by atoms with Gasteiger partial charge in [0.05, 0.1) is 17.3 Å². The van der Waals surface area contributed by atoms with Crippen molar-refractivity contribution in [3.05, 3.63) is 30.1 Å². The summed E-state index contributed by atoms with van der Waals surface area (Å²) in [5, 5.41) is 8.45. The molecule has 10 heteroatoms. The molecule has 0 spiro atoms. The van der Waals surface area contributed by atoms with Gasteiger partial charge in [0.15, 0.2) is 11.5 Å². The topological polar surface area (TPSA) is 106 Å². The smallest absolute Gasteiger partial charge is 0.211 e. The lowest BCUT2D eigenvalue weighted by atomic mass is 10.2. The van der Waals surface area contributed by atoms with Gasteiger partial charge in [0, 0.05) is 33.4 Å². The fourth-order valence-electron chi connectivity index (χ4n) is 2.57. The molecule has 1 N–H and O–H groups in total. The number of aromatic nitrogens is 5. The number of likely N-dealkylation sites (N-methyl/N-ethyl adjacent to an activating group) is 1. The van der Waals surface area contributed by atoms with Crippen LogP contribution in [0.3, 0.4) is 0 Å². The Bertz CT molecular complexity index is 1030. The van der Waals surface area contributed by atoms with E-state index >= 15 is 0 Å². The normalized spacial score (nSPS) is 12.0. The molecule has 3 rings (SSSR count). The van der Waals surface area contributed by atoms with Gasteiger partial charge in [-0.3, -0.25) is 9.67 Å². The molecule has 9 nitrogen and oxygen atoms in total. The van der Waals surface area contributed by atoms with Crippen molar-refractivity contribution in [2.45, 2.75) is 6.92 Å². The second-order valence-corrected chi connectivity index (χ2v) is 8.12. The Kier molecular flexibility index (Phi) is 4.88. The van der Waals surface area contributed by atoms with Crippen LogP contribution in [0.5, 0.6) is 0 Å². The number of aryl methyl sites for hydroxylation is 2. The van der Waals surface area contributed by atoms with Gasteiger partial charge in [-0.15, -0.1) is 0 Å². The molecule has 138 valence electrons. The molecule has 3 heterocycles. The highest BCUT2D eigenvalue weighted by Crippen LogP contribution is 2.26. The minimum absolute atomic E-state index is 0.322. The van der Waals surface area contributed by atoms with Gasteiger partial charge in [-0.2, -0.15) is 5.10 Å².